The Morgan fingerprint density at radius 1 is 1.37 bits per heavy atom. The van der Waals surface area contributed by atoms with Crippen LogP contribution >= 0.6 is 0 Å². The van der Waals surface area contributed by atoms with Crippen molar-refractivity contribution in [1.29, 1.82) is 0 Å². The number of rotatable bonds is 4. The number of aryl methyl sites for hydroxylation is 1. The van der Waals surface area contributed by atoms with Crippen LogP contribution in [0.15, 0.2) is 23.1 Å². The molecule has 1 aliphatic heterocycles. The normalized spacial score (nSPS) is 14.6. The lowest BCUT2D eigenvalue weighted by molar-refractivity contribution is -0.135. The zero-order chi connectivity index (χ0) is 14.0. The van der Waals surface area contributed by atoms with E-state index in [1.54, 1.807) is 0 Å². The molecule has 2 rings (SSSR count). The molecule has 7 nitrogen and oxygen atoms in total. The van der Waals surface area contributed by atoms with Gasteiger partial charge in [-0.1, -0.05) is 0 Å². The number of anilines is 1. The number of nitrogens with one attached hydrogen (secondary N) is 2. The van der Waals surface area contributed by atoms with Gasteiger partial charge in [-0.3, -0.25) is 9.59 Å². The van der Waals surface area contributed by atoms with Gasteiger partial charge >= 0.3 is 5.97 Å². The average Bonchev–Trinajstić information content (AvgIpc) is 2.36. The molecule has 8 heteroatoms. The molecule has 19 heavy (non-hydrogen) atoms. The molecule has 102 valence electrons. The summed E-state index contributed by atoms with van der Waals surface area (Å²) in [5.74, 6) is -1.36. The van der Waals surface area contributed by atoms with E-state index in [4.69, 9.17) is 5.11 Å². The maximum Gasteiger partial charge on any atom is 0.318 e. The van der Waals surface area contributed by atoms with Crippen LogP contribution in [0.5, 0.6) is 0 Å². The molecule has 0 bridgehead atoms. The number of carboxylic acid groups (broad SMARTS) is 1. The Balaban J connectivity index is 2.27. The van der Waals surface area contributed by atoms with Crippen molar-refractivity contribution < 1.29 is 23.1 Å². The van der Waals surface area contributed by atoms with Gasteiger partial charge in [-0.05, 0) is 30.2 Å². The van der Waals surface area contributed by atoms with E-state index in [0.717, 1.165) is 5.56 Å². The van der Waals surface area contributed by atoms with Gasteiger partial charge in [0.05, 0.1) is 4.90 Å². The summed E-state index contributed by atoms with van der Waals surface area (Å²) in [6.07, 6.45) is 0.766. The summed E-state index contributed by atoms with van der Waals surface area (Å²) >= 11 is 0. The summed E-state index contributed by atoms with van der Waals surface area (Å²) < 4.78 is 25.6. The van der Waals surface area contributed by atoms with Crippen LogP contribution in [0.1, 0.15) is 12.0 Å². The molecular formula is C11H12N2O5S. The fourth-order valence-electron chi connectivity index (χ4n) is 1.77. The van der Waals surface area contributed by atoms with Crippen molar-refractivity contribution in [3.05, 3.63) is 23.8 Å². The molecule has 3 N–H and O–H groups in total. The Labute approximate surface area is 109 Å². The predicted octanol–water partition coefficient (Wildman–Crippen LogP) is -0.0658. The number of carbonyl (C=O) groups is 2. The summed E-state index contributed by atoms with van der Waals surface area (Å²) in [5.41, 5.74) is 1.31. The van der Waals surface area contributed by atoms with Gasteiger partial charge in [0.2, 0.25) is 15.9 Å². The lowest BCUT2D eigenvalue weighted by atomic mass is 10.0. The molecule has 0 saturated heterocycles. The summed E-state index contributed by atoms with van der Waals surface area (Å²) in [4.78, 5) is 21.5. The summed E-state index contributed by atoms with van der Waals surface area (Å²) in [6.45, 7) is -0.670. The van der Waals surface area contributed by atoms with E-state index in [9.17, 15) is 18.0 Å². The van der Waals surface area contributed by atoms with Crippen LogP contribution in [0.4, 0.5) is 5.69 Å². The van der Waals surface area contributed by atoms with E-state index in [1.807, 2.05) is 4.72 Å². The first-order chi connectivity index (χ1) is 8.88. The van der Waals surface area contributed by atoms with Crippen LogP contribution in [0, 0.1) is 0 Å². The minimum atomic E-state index is -3.85. The lowest BCUT2D eigenvalue weighted by Crippen LogP contribution is -2.29. The molecule has 0 atom stereocenters. The molecule has 1 aromatic carbocycles. The quantitative estimate of drug-likeness (QED) is 0.716. The van der Waals surface area contributed by atoms with Crippen molar-refractivity contribution >= 4 is 27.6 Å². The summed E-state index contributed by atoms with van der Waals surface area (Å²) in [5, 5.41) is 11.1. The fraction of sp³-hybridized carbons (Fsp3) is 0.273. The highest BCUT2D eigenvalue weighted by molar-refractivity contribution is 7.89. The Morgan fingerprint density at radius 3 is 2.79 bits per heavy atom. The molecule has 1 amide bonds. The van der Waals surface area contributed by atoms with Crippen molar-refractivity contribution in [2.24, 2.45) is 0 Å². The van der Waals surface area contributed by atoms with Crippen LogP contribution in [-0.4, -0.2) is 31.9 Å². The summed E-state index contributed by atoms with van der Waals surface area (Å²) in [7, 11) is -3.85. The monoisotopic (exact) mass is 284 g/mol. The number of hydrogen-bond donors (Lipinski definition) is 3. The topological polar surface area (TPSA) is 113 Å². The van der Waals surface area contributed by atoms with Crippen molar-refractivity contribution in [3.63, 3.8) is 0 Å². The smallest absolute Gasteiger partial charge is 0.318 e. The van der Waals surface area contributed by atoms with Gasteiger partial charge in [0.25, 0.3) is 0 Å². The van der Waals surface area contributed by atoms with Gasteiger partial charge in [-0.25, -0.2) is 8.42 Å². The van der Waals surface area contributed by atoms with E-state index in [2.05, 4.69) is 5.32 Å². The first-order valence-corrected chi connectivity index (χ1v) is 7.01. The second-order valence-electron chi connectivity index (χ2n) is 4.09. The van der Waals surface area contributed by atoms with Gasteiger partial charge in [0.15, 0.2) is 0 Å². The lowest BCUT2D eigenvalue weighted by Gasteiger charge is -2.17. The van der Waals surface area contributed by atoms with Gasteiger partial charge in [-0.15, -0.1) is 0 Å². The van der Waals surface area contributed by atoms with E-state index in [1.165, 1.54) is 18.2 Å². The zero-order valence-electron chi connectivity index (χ0n) is 9.84. The second-order valence-corrected chi connectivity index (χ2v) is 5.85. The SMILES string of the molecule is O=C(O)CNS(=O)(=O)c1ccc2c(c1)CCC(=O)N2. The Bertz CT molecular complexity index is 638. The van der Waals surface area contributed by atoms with Crippen molar-refractivity contribution in [3.8, 4) is 0 Å². The minimum absolute atomic E-state index is 0.0105. The first-order valence-electron chi connectivity index (χ1n) is 5.53. The highest BCUT2D eigenvalue weighted by atomic mass is 32.2. The molecule has 1 heterocycles. The molecule has 1 aromatic rings. The number of benzene rings is 1. The predicted molar refractivity (Wildman–Crippen MR) is 66.2 cm³/mol. The molecule has 0 fully saturated rings. The average molecular weight is 284 g/mol. The van der Waals surface area contributed by atoms with Gasteiger partial charge in [0.1, 0.15) is 6.54 Å². The van der Waals surface area contributed by atoms with Crippen molar-refractivity contribution in [1.82, 2.24) is 4.72 Å². The first kappa shape index (κ1) is 13.5. The largest absolute Gasteiger partial charge is 0.480 e. The maximum absolute atomic E-state index is 11.8. The Hall–Kier alpha value is -1.93. The summed E-state index contributed by atoms with van der Waals surface area (Å²) in [6, 6.07) is 4.27. The molecule has 0 aliphatic carbocycles. The number of hydrogen-bond acceptors (Lipinski definition) is 4. The third-order valence-corrected chi connectivity index (χ3v) is 4.09. The zero-order valence-corrected chi connectivity index (χ0v) is 10.7. The molecule has 0 spiro atoms. The third kappa shape index (κ3) is 3.09. The van der Waals surface area contributed by atoms with Crippen molar-refractivity contribution in [2.45, 2.75) is 17.7 Å². The van der Waals surface area contributed by atoms with Crippen LogP contribution < -0.4 is 10.0 Å². The number of carboxylic acids is 1. The number of carbonyl (C=O) groups excluding carboxylic acids is 1. The van der Waals surface area contributed by atoms with E-state index in [-0.39, 0.29) is 10.8 Å². The van der Waals surface area contributed by atoms with Gasteiger partial charge in [-0.2, -0.15) is 4.72 Å². The number of sulfonamides is 1. The fourth-order valence-corrected chi connectivity index (χ4v) is 2.79. The van der Waals surface area contributed by atoms with Gasteiger partial charge in [0, 0.05) is 12.1 Å². The van der Waals surface area contributed by atoms with Crippen molar-refractivity contribution in [2.75, 3.05) is 11.9 Å². The standard InChI is InChI=1S/C11H12N2O5S/c14-10-4-1-7-5-8(2-3-9(7)13-10)19(17,18)12-6-11(15)16/h2-3,5,12H,1,4,6H2,(H,13,14)(H,15,16). The van der Waals surface area contributed by atoms with Crippen LogP contribution in [0.2, 0.25) is 0 Å². The molecule has 0 aromatic heterocycles. The number of amides is 1. The Morgan fingerprint density at radius 2 is 2.11 bits per heavy atom. The Kier molecular flexibility index (Phi) is 3.54. The third-order valence-electron chi connectivity index (χ3n) is 2.70. The van der Waals surface area contributed by atoms with Crippen LogP contribution in [-0.2, 0) is 26.0 Å². The van der Waals surface area contributed by atoms with Crippen LogP contribution in [0.3, 0.4) is 0 Å². The molecule has 0 radical (unpaired) electrons. The van der Waals surface area contributed by atoms with E-state index in [0.29, 0.717) is 18.5 Å². The molecule has 0 saturated carbocycles. The number of aliphatic carboxylic acids is 1. The molecule has 1 aliphatic rings. The molecular weight excluding hydrogens is 272 g/mol. The highest BCUT2D eigenvalue weighted by Crippen LogP contribution is 2.25. The van der Waals surface area contributed by atoms with Gasteiger partial charge < -0.3 is 10.4 Å². The second kappa shape index (κ2) is 4.98. The molecule has 0 unspecified atom stereocenters. The minimum Gasteiger partial charge on any atom is -0.480 e. The number of fused-ring (bicyclic) bond motifs is 1. The van der Waals surface area contributed by atoms with E-state index < -0.39 is 22.5 Å². The van der Waals surface area contributed by atoms with Crippen LogP contribution in [0.25, 0.3) is 0 Å². The highest BCUT2D eigenvalue weighted by Gasteiger charge is 2.20. The maximum atomic E-state index is 11.8. The van der Waals surface area contributed by atoms with E-state index >= 15 is 0 Å².